The summed E-state index contributed by atoms with van der Waals surface area (Å²) in [6, 6.07) is 5.90. The molecule has 0 amide bonds. The minimum atomic E-state index is -0.816. The lowest BCUT2D eigenvalue weighted by Crippen LogP contribution is -2.22. The molecule has 0 bridgehead atoms. The van der Waals surface area contributed by atoms with Crippen LogP contribution in [0.2, 0.25) is 0 Å². The zero-order valence-electron chi connectivity index (χ0n) is 16.2. The molecule has 5 heteroatoms. The zero-order chi connectivity index (χ0) is 19.7. The number of aliphatic carboxylic acids is 1. The number of carbonyl (C=O) groups is 1. The van der Waals surface area contributed by atoms with Gasteiger partial charge >= 0.3 is 5.97 Å². The van der Waals surface area contributed by atoms with Crippen molar-refractivity contribution in [2.75, 3.05) is 0 Å². The van der Waals surface area contributed by atoms with Gasteiger partial charge in [0.2, 0.25) is 0 Å². The van der Waals surface area contributed by atoms with Gasteiger partial charge in [-0.3, -0.25) is 4.79 Å². The first-order valence-corrected chi connectivity index (χ1v) is 10.6. The van der Waals surface area contributed by atoms with Crippen LogP contribution in [0.5, 0.6) is 5.75 Å². The summed E-state index contributed by atoms with van der Waals surface area (Å²) in [5, 5.41) is 30.1. The zero-order valence-corrected chi connectivity index (χ0v) is 16.2. The van der Waals surface area contributed by atoms with Crippen molar-refractivity contribution in [1.82, 2.24) is 0 Å². The van der Waals surface area contributed by atoms with Gasteiger partial charge in [-0.1, -0.05) is 49.6 Å². The fourth-order valence-corrected chi connectivity index (χ4v) is 5.28. The third-order valence-corrected chi connectivity index (χ3v) is 6.76. The van der Waals surface area contributed by atoms with E-state index in [1.54, 1.807) is 0 Å². The van der Waals surface area contributed by atoms with Crippen LogP contribution in [0, 0.1) is 11.8 Å². The number of fused-ring (bicyclic) bond motifs is 3. The first-order chi connectivity index (χ1) is 13.5. The lowest BCUT2D eigenvalue weighted by atomic mass is 9.83. The molecule has 4 rings (SSSR count). The molecule has 0 spiro atoms. The summed E-state index contributed by atoms with van der Waals surface area (Å²) < 4.78 is 6.17. The van der Waals surface area contributed by atoms with E-state index in [9.17, 15) is 15.0 Å². The number of ether oxygens (including phenoxy) is 1. The Morgan fingerprint density at radius 2 is 2.04 bits per heavy atom. The monoisotopic (exact) mass is 386 g/mol. The van der Waals surface area contributed by atoms with Crippen LogP contribution in [0.3, 0.4) is 0 Å². The molecule has 0 saturated heterocycles. The number of benzene rings is 1. The maximum atomic E-state index is 10.9. The van der Waals surface area contributed by atoms with Gasteiger partial charge < -0.3 is 20.1 Å². The highest BCUT2D eigenvalue weighted by Crippen LogP contribution is 2.52. The number of rotatable bonds is 6. The van der Waals surface area contributed by atoms with E-state index in [1.165, 1.54) is 19.3 Å². The number of para-hydroxylation sites is 1. The van der Waals surface area contributed by atoms with Crippen LogP contribution in [0.25, 0.3) is 0 Å². The standard InChI is InChI=1S/C23H30O5/c24-18(14-5-2-1-3-6-14)11-10-16-19(25)13-20-22(16)17-8-4-7-15(23(17)28-20)9-12-21(26)27/h4,7-8,10-11,14,16,18-20,22,24-25H,1-3,5-6,9,12-13H2,(H,26,27)/b11-10+/t16?,18-,19-,20+,22+/m1/s1. The highest BCUT2D eigenvalue weighted by molar-refractivity contribution is 5.67. The Hall–Kier alpha value is -1.85. The van der Waals surface area contributed by atoms with E-state index in [0.29, 0.717) is 18.8 Å². The molecule has 3 N–H and O–H groups in total. The van der Waals surface area contributed by atoms with Crippen LogP contribution < -0.4 is 4.74 Å². The van der Waals surface area contributed by atoms with Gasteiger partial charge in [-0.15, -0.1) is 0 Å². The summed E-state index contributed by atoms with van der Waals surface area (Å²) >= 11 is 0. The number of hydrogen-bond donors (Lipinski definition) is 3. The third-order valence-electron chi connectivity index (χ3n) is 6.76. The maximum absolute atomic E-state index is 10.9. The van der Waals surface area contributed by atoms with Crippen molar-refractivity contribution >= 4 is 5.97 Å². The van der Waals surface area contributed by atoms with Crippen LogP contribution in [-0.4, -0.2) is 39.6 Å². The summed E-state index contributed by atoms with van der Waals surface area (Å²) in [6.45, 7) is 0. The average molecular weight is 386 g/mol. The first-order valence-electron chi connectivity index (χ1n) is 10.6. The first kappa shape index (κ1) is 19.5. The second-order valence-corrected chi connectivity index (χ2v) is 8.57. The molecular weight excluding hydrogens is 356 g/mol. The quantitative estimate of drug-likeness (QED) is 0.652. The number of aliphatic hydroxyl groups excluding tert-OH is 2. The van der Waals surface area contributed by atoms with E-state index >= 15 is 0 Å². The van der Waals surface area contributed by atoms with E-state index in [2.05, 4.69) is 0 Å². The Bertz CT molecular complexity index is 737. The van der Waals surface area contributed by atoms with Crippen molar-refractivity contribution in [2.45, 2.75) is 75.6 Å². The van der Waals surface area contributed by atoms with Gasteiger partial charge in [-0.25, -0.2) is 0 Å². The summed E-state index contributed by atoms with van der Waals surface area (Å²) in [5.41, 5.74) is 1.99. The highest BCUT2D eigenvalue weighted by Gasteiger charge is 2.49. The Morgan fingerprint density at radius 1 is 1.25 bits per heavy atom. The molecule has 1 aromatic rings. The molecule has 152 valence electrons. The van der Waals surface area contributed by atoms with E-state index in [-0.39, 0.29) is 24.4 Å². The van der Waals surface area contributed by atoms with Crippen molar-refractivity contribution in [3.05, 3.63) is 41.5 Å². The normalized spacial score (nSPS) is 30.8. The van der Waals surface area contributed by atoms with E-state index in [0.717, 1.165) is 29.7 Å². The van der Waals surface area contributed by atoms with Gasteiger partial charge in [0.05, 0.1) is 12.2 Å². The second-order valence-electron chi connectivity index (χ2n) is 8.57. The molecule has 1 unspecified atom stereocenters. The predicted molar refractivity (Wildman–Crippen MR) is 105 cm³/mol. The summed E-state index contributed by atoms with van der Waals surface area (Å²) in [5.74, 6) is 0.290. The van der Waals surface area contributed by atoms with Crippen molar-refractivity contribution < 1.29 is 24.9 Å². The van der Waals surface area contributed by atoms with Gasteiger partial charge in [0.25, 0.3) is 0 Å². The summed E-state index contributed by atoms with van der Waals surface area (Å²) in [7, 11) is 0. The van der Waals surface area contributed by atoms with Gasteiger partial charge in [0.1, 0.15) is 11.9 Å². The van der Waals surface area contributed by atoms with Crippen LogP contribution in [0.15, 0.2) is 30.4 Å². The number of carboxylic acid groups (broad SMARTS) is 1. The maximum Gasteiger partial charge on any atom is 0.303 e. The number of aryl methyl sites for hydroxylation is 1. The summed E-state index contributed by atoms with van der Waals surface area (Å²) in [4.78, 5) is 10.9. The molecule has 1 aliphatic heterocycles. The second kappa shape index (κ2) is 8.26. The Morgan fingerprint density at radius 3 is 2.79 bits per heavy atom. The molecule has 0 aromatic heterocycles. The van der Waals surface area contributed by atoms with Crippen molar-refractivity contribution in [3.63, 3.8) is 0 Å². The lowest BCUT2D eigenvalue weighted by Gasteiger charge is -2.25. The molecule has 2 saturated carbocycles. The molecule has 0 radical (unpaired) electrons. The molecule has 3 aliphatic rings. The largest absolute Gasteiger partial charge is 0.489 e. The van der Waals surface area contributed by atoms with Crippen LogP contribution >= 0.6 is 0 Å². The molecule has 1 aromatic carbocycles. The van der Waals surface area contributed by atoms with Crippen molar-refractivity contribution in [1.29, 1.82) is 0 Å². The van der Waals surface area contributed by atoms with Crippen LogP contribution in [0.1, 0.15) is 62.0 Å². The van der Waals surface area contributed by atoms with Crippen LogP contribution in [-0.2, 0) is 11.2 Å². The van der Waals surface area contributed by atoms with Gasteiger partial charge in [0, 0.05) is 30.2 Å². The molecule has 5 atom stereocenters. The minimum Gasteiger partial charge on any atom is -0.489 e. The Kier molecular flexibility index (Phi) is 5.74. The third kappa shape index (κ3) is 3.83. The number of aliphatic hydroxyl groups is 2. The number of carboxylic acids is 1. The molecule has 2 fully saturated rings. The Balaban J connectivity index is 1.51. The predicted octanol–water partition coefficient (Wildman–Crippen LogP) is 3.43. The van der Waals surface area contributed by atoms with E-state index < -0.39 is 18.2 Å². The van der Waals surface area contributed by atoms with Gasteiger partial charge in [-0.05, 0) is 30.7 Å². The molecule has 5 nitrogen and oxygen atoms in total. The van der Waals surface area contributed by atoms with E-state index in [4.69, 9.17) is 9.84 Å². The molecule has 28 heavy (non-hydrogen) atoms. The van der Waals surface area contributed by atoms with Gasteiger partial charge in [-0.2, -0.15) is 0 Å². The van der Waals surface area contributed by atoms with Crippen LogP contribution in [0.4, 0.5) is 0 Å². The smallest absolute Gasteiger partial charge is 0.303 e. The topological polar surface area (TPSA) is 87.0 Å². The average Bonchev–Trinajstić information content (AvgIpc) is 3.20. The Labute approximate surface area is 166 Å². The fourth-order valence-electron chi connectivity index (χ4n) is 5.28. The highest BCUT2D eigenvalue weighted by atomic mass is 16.5. The van der Waals surface area contributed by atoms with E-state index in [1.807, 2.05) is 30.4 Å². The molecular formula is C23H30O5. The van der Waals surface area contributed by atoms with Crippen molar-refractivity contribution in [3.8, 4) is 5.75 Å². The SMILES string of the molecule is O=C(O)CCc1cccc2c1O[C@H]1C[C@@H](O)C(/C=C/[C@@H](O)C3CCCCC3)[C@@H]21. The lowest BCUT2D eigenvalue weighted by molar-refractivity contribution is -0.136. The fraction of sp³-hybridized carbons (Fsp3) is 0.609. The van der Waals surface area contributed by atoms with Crippen molar-refractivity contribution in [2.24, 2.45) is 11.8 Å². The molecule has 1 heterocycles. The molecule has 2 aliphatic carbocycles. The minimum absolute atomic E-state index is 0.0598. The van der Waals surface area contributed by atoms with Gasteiger partial charge in [0.15, 0.2) is 0 Å². The number of hydrogen-bond acceptors (Lipinski definition) is 4. The summed E-state index contributed by atoms with van der Waals surface area (Å²) in [6.07, 6.45) is 9.73.